The molecule has 0 radical (unpaired) electrons. The molecule has 1 aliphatic heterocycles. The summed E-state index contributed by atoms with van der Waals surface area (Å²) in [5.41, 5.74) is 6.89. The average Bonchev–Trinajstić information content (AvgIpc) is 3.75. The number of ether oxygens (including phenoxy) is 2. The van der Waals surface area contributed by atoms with Crippen LogP contribution >= 0.6 is 0 Å². The van der Waals surface area contributed by atoms with Crippen molar-refractivity contribution in [2.75, 3.05) is 37.0 Å². The summed E-state index contributed by atoms with van der Waals surface area (Å²) in [4.78, 5) is 17.1. The Hall–Kier alpha value is -3.34. The molecule has 4 fully saturated rings. The molecule has 2 aromatic heterocycles. The fourth-order valence-corrected chi connectivity index (χ4v) is 13.4. The van der Waals surface area contributed by atoms with E-state index in [4.69, 9.17) is 19.4 Å². The molecular formula is C44H57N5O4S. The summed E-state index contributed by atoms with van der Waals surface area (Å²) >= 11 is 0. The molecule has 9 rings (SSSR count). The van der Waals surface area contributed by atoms with Crippen LogP contribution in [0.2, 0.25) is 0 Å². The number of aryl methyl sites for hydroxylation is 1. The van der Waals surface area contributed by atoms with Gasteiger partial charge in [0.15, 0.2) is 5.82 Å². The van der Waals surface area contributed by atoms with E-state index in [1.165, 1.54) is 36.8 Å². The number of phenolic OH excluding ortho intramolecular Hbond substituents is 1. The average molecular weight is 752 g/mol. The molecule has 0 spiro atoms. The minimum atomic E-state index is -2.93. The van der Waals surface area contributed by atoms with E-state index in [0.29, 0.717) is 48.5 Å². The van der Waals surface area contributed by atoms with E-state index < -0.39 is 14.5 Å². The van der Waals surface area contributed by atoms with Gasteiger partial charge < -0.3 is 19.5 Å². The summed E-state index contributed by atoms with van der Waals surface area (Å²) in [6.45, 7) is 7.45. The quantitative estimate of drug-likeness (QED) is 0.177. The first-order valence-corrected chi connectivity index (χ1v) is 22.5. The van der Waals surface area contributed by atoms with Gasteiger partial charge in [-0.25, -0.2) is 14.2 Å². The number of unbranched alkanes of at least 4 members (excludes halogenated alkanes) is 3. The number of rotatable bonds is 12. The molecule has 1 unspecified atom stereocenters. The number of nitrogens with zero attached hydrogens (tertiary/aromatic N) is 4. The Balaban J connectivity index is 0.810. The number of aromatic nitrogens is 3. The Kier molecular flexibility index (Phi) is 9.62. The predicted octanol–water partition coefficient (Wildman–Crippen LogP) is 8.58. The second kappa shape index (κ2) is 14.3. The Bertz CT molecular complexity index is 2030. The van der Waals surface area contributed by atoms with Crippen LogP contribution in [0.1, 0.15) is 118 Å². The third-order valence-corrected chi connectivity index (χ3v) is 17.1. The van der Waals surface area contributed by atoms with Crippen molar-refractivity contribution in [2.45, 2.75) is 120 Å². The first-order chi connectivity index (χ1) is 26.2. The summed E-state index contributed by atoms with van der Waals surface area (Å²) in [7, 11) is -2.93. The smallest absolute Gasteiger partial charge is 0.162 e. The number of hydrogen-bond donors (Lipinski definition) is 2. The normalized spacial score (nSPS) is 30.3. The lowest BCUT2D eigenvalue weighted by molar-refractivity contribution is -0.0646. The van der Waals surface area contributed by atoms with E-state index in [1.54, 1.807) is 0 Å². The van der Waals surface area contributed by atoms with Crippen molar-refractivity contribution < 1.29 is 18.8 Å². The molecule has 1 saturated heterocycles. The molecule has 54 heavy (non-hydrogen) atoms. The molecule has 7 atom stereocenters. The Morgan fingerprint density at radius 1 is 1.06 bits per heavy atom. The number of anilines is 1. The minimum Gasteiger partial charge on any atom is -0.508 e. The number of benzene rings is 1. The van der Waals surface area contributed by atoms with Gasteiger partial charge in [-0.05, 0) is 124 Å². The van der Waals surface area contributed by atoms with Gasteiger partial charge in [0.2, 0.25) is 0 Å². The van der Waals surface area contributed by atoms with Crippen molar-refractivity contribution in [3.05, 3.63) is 70.7 Å². The Labute approximate surface area is 321 Å². The number of aromatic hydroxyl groups is 1. The highest BCUT2D eigenvalue weighted by Crippen LogP contribution is 2.61. The molecule has 9 nitrogen and oxygen atoms in total. The highest BCUT2D eigenvalue weighted by molar-refractivity contribution is 7.93. The lowest BCUT2D eigenvalue weighted by Crippen LogP contribution is -2.44. The maximum atomic E-state index is 14.4. The van der Waals surface area contributed by atoms with Crippen molar-refractivity contribution in [2.24, 2.45) is 17.3 Å². The fourth-order valence-electron chi connectivity index (χ4n) is 11.2. The van der Waals surface area contributed by atoms with E-state index in [1.807, 2.05) is 30.5 Å². The number of hydrogen-bond acceptors (Lipinski definition) is 9. The Morgan fingerprint density at radius 2 is 1.93 bits per heavy atom. The van der Waals surface area contributed by atoms with Crippen molar-refractivity contribution >= 4 is 21.6 Å². The number of nitrogens with one attached hydrogen (secondary N) is 1. The van der Waals surface area contributed by atoms with Gasteiger partial charge in [0.25, 0.3) is 0 Å². The van der Waals surface area contributed by atoms with Crippen LogP contribution in [0.5, 0.6) is 5.75 Å². The van der Waals surface area contributed by atoms with Crippen LogP contribution in [-0.4, -0.2) is 68.5 Å². The summed E-state index contributed by atoms with van der Waals surface area (Å²) in [5.74, 6) is 4.32. The highest BCUT2D eigenvalue weighted by atomic mass is 32.2. The molecule has 2 N–H and O–H groups in total. The molecule has 1 aromatic carbocycles. The molecule has 3 heterocycles. The monoisotopic (exact) mass is 751 g/mol. The maximum absolute atomic E-state index is 14.4. The standard InChI is InChI=1S/C44H57N5O4S/c1-29-28-52-24-22-49(29)41-27-39(47-42(48-41)36-17-21-46-38-9-7-8-35(36)38)44(19-20-44)54(45,51)25-6-4-3-5-23-53-40-15-14-37-34-12-10-30-26-31(50)11-13-32(30)33(34)16-18-43(37,40)2/h7-8,11,13,17,21,26-27,29,33-34,37,40,45,50H,3-6,9-10,12,14-16,18-20,22-25,28H2,1-2H3/t29-,33-,34-,37+,40+,43+,54?/m1/s1. The predicted molar refractivity (Wildman–Crippen MR) is 213 cm³/mol. The molecule has 0 amide bonds. The van der Waals surface area contributed by atoms with Gasteiger partial charge in [-0.1, -0.05) is 38.0 Å². The van der Waals surface area contributed by atoms with E-state index in [-0.39, 0.29) is 11.5 Å². The maximum Gasteiger partial charge on any atom is 0.162 e. The summed E-state index contributed by atoms with van der Waals surface area (Å²) < 4.78 is 35.4. The largest absolute Gasteiger partial charge is 0.508 e. The van der Waals surface area contributed by atoms with Crippen molar-refractivity contribution in [3.8, 4) is 17.1 Å². The molecule has 10 heteroatoms. The van der Waals surface area contributed by atoms with Gasteiger partial charge in [0.05, 0.1) is 51.2 Å². The number of phenols is 1. The summed E-state index contributed by atoms with van der Waals surface area (Å²) in [6, 6.07) is 10.2. The second-order valence-electron chi connectivity index (χ2n) is 17.4. The van der Waals surface area contributed by atoms with E-state index >= 15 is 0 Å². The lowest BCUT2D eigenvalue weighted by atomic mass is 9.55. The van der Waals surface area contributed by atoms with Crippen molar-refractivity contribution in [1.29, 1.82) is 4.78 Å². The van der Waals surface area contributed by atoms with Crippen LogP contribution in [0.15, 0.2) is 42.6 Å². The SMILES string of the molecule is C[C@@H]1COCCN1c1cc(C2(S(=N)(=O)CCCCCCO[C@H]3CC[C@H]4[C@@H]5CCc6cc(O)ccc6[C@H]5CC[C@]34C)CC2)nc(-c2ccnc3c2C=CC3)n1. The third-order valence-electron chi connectivity index (χ3n) is 14.4. The molecule has 0 bridgehead atoms. The topological polar surface area (TPSA) is 122 Å². The number of fused-ring (bicyclic) bond motifs is 6. The highest BCUT2D eigenvalue weighted by Gasteiger charge is 2.56. The minimum absolute atomic E-state index is 0.164. The molecule has 6 aliphatic rings. The van der Waals surface area contributed by atoms with Gasteiger partial charge in [-0.15, -0.1) is 0 Å². The zero-order valence-corrected chi connectivity index (χ0v) is 32.9. The van der Waals surface area contributed by atoms with Crippen LogP contribution in [-0.2, 0) is 36.8 Å². The third kappa shape index (κ3) is 6.38. The van der Waals surface area contributed by atoms with Crippen LogP contribution in [0.3, 0.4) is 0 Å². The molecule has 288 valence electrons. The molecule has 3 aromatic rings. The van der Waals surface area contributed by atoms with Crippen molar-refractivity contribution in [1.82, 2.24) is 15.0 Å². The molecule has 5 aliphatic carbocycles. The van der Waals surface area contributed by atoms with E-state index in [2.05, 4.69) is 41.9 Å². The van der Waals surface area contributed by atoms with Crippen LogP contribution < -0.4 is 4.90 Å². The van der Waals surface area contributed by atoms with E-state index in [0.717, 1.165) is 105 Å². The number of morpholine rings is 1. The summed E-state index contributed by atoms with van der Waals surface area (Å²) in [5, 5.41) is 10.0. The van der Waals surface area contributed by atoms with Gasteiger partial charge in [-0.3, -0.25) is 9.76 Å². The summed E-state index contributed by atoms with van der Waals surface area (Å²) in [6.07, 6.45) is 19.6. The van der Waals surface area contributed by atoms with E-state index in [9.17, 15) is 14.1 Å². The number of allylic oxidation sites excluding steroid dienone is 1. The lowest BCUT2D eigenvalue weighted by Gasteiger charge is -2.50. The first kappa shape index (κ1) is 36.3. The Morgan fingerprint density at radius 3 is 2.78 bits per heavy atom. The number of pyridine rings is 1. The fraction of sp³-hybridized carbons (Fsp3) is 0.614. The van der Waals surface area contributed by atoms with Crippen LogP contribution in [0.4, 0.5) is 5.82 Å². The van der Waals surface area contributed by atoms with Gasteiger partial charge in [0.1, 0.15) is 11.6 Å². The first-order valence-electron chi connectivity index (χ1n) is 20.7. The zero-order valence-electron chi connectivity index (χ0n) is 32.1. The van der Waals surface area contributed by atoms with Gasteiger partial charge in [0, 0.05) is 48.7 Å². The van der Waals surface area contributed by atoms with Crippen LogP contribution in [0, 0.1) is 22.0 Å². The van der Waals surface area contributed by atoms with Gasteiger partial charge >= 0.3 is 0 Å². The van der Waals surface area contributed by atoms with Crippen molar-refractivity contribution in [3.63, 3.8) is 0 Å². The van der Waals surface area contributed by atoms with Crippen LogP contribution in [0.25, 0.3) is 17.5 Å². The molecular weight excluding hydrogens is 695 g/mol. The van der Waals surface area contributed by atoms with Gasteiger partial charge in [-0.2, -0.15) is 0 Å². The zero-order chi connectivity index (χ0) is 37.1. The second-order valence-corrected chi connectivity index (χ2v) is 20.0. The molecule has 3 saturated carbocycles.